The number of benzene rings is 2. The maximum Gasteiger partial charge on any atom is 0.203 e. The van der Waals surface area contributed by atoms with Crippen molar-refractivity contribution in [1.29, 1.82) is 0 Å². The summed E-state index contributed by atoms with van der Waals surface area (Å²) in [6, 6.07) is 18.4. The zero-order valence-corrected chi connectivity index (χ0v) is 15.4. The van der Waals surface area contributed by atoms with E-state index in [1.165, 1.54) is 4.90 Å². The lowest BCUT2D eigenvalue weighted by Crippen LogP contribution is -1.90. The molecule has 0 saturated heterocycles. The van der Waals surface area contributed by atoms with Gasteiger partial charge in [0.1, 0.15) is 0 Å². The lowest BCUT2D eigenvalue weighted by molar-refractivity contribution is 1.29. The van der Waals surface area contributed by atoms with E-state index in [1.54, 1.807) is 23.1 Å². The van der Waals surface area contributed by atoms with Gasteiger partial charge >= 0.3 is 0 Å². The molecule has 6 heteroatoms. The topological polar surface area (TPSA) is 37.3 Å². The zero-order chi connectivity index (χ0) is 15.9. The molecule has 0 amide bonds. The normalized spacial score (nSPS) is 11.0. The van der Waals surface area contributed by atoms with Crippen molar-refractivity contribution in [3.63, 3.8) is 0 Å². The number of nitrogens with one attached hydrogen (secondary N) is 1. The van der Waals surface area contributed by atoms with Gasteiger partial charge in [-0.1, -0.05) is 46.3 Å². The van der Waals surface area contributed by atoms with Crippen LogP contribution >= 0.6 is 39.0 Å². The largest absolute Gasteiger partial charge is 0.253 e. The van der Waals surface area contributed by atoms with Crippen molar-refractivity contribution >= 4 is 50.4 Å². The van der Waals surface area contributed by atoms with Crippen LogP contribution in [0.2, 0.25) is 0 Å². The Morgan fingerprint density at radius 2 is 1.91 bits per heavy atom. The van der Waals surface area contributed by atoms with Crippen molar-refractivity contribution in [3.05, 3.63) is 64.5 Å². The molecular formula is C17H14BrN3S2. The Balaban J connectivity index is 1.51. The summed E-state index contributed by atoms with van der Waals surface area (Å²) in [6.45, 7) is 0. The second kappa shape index (κ2) is 8.29. The number of hydrazone groups is 1. The monoisotopic (exact) mass is 403 g/mol. The maximum atomic E-state index is 4.54. The third kappa shape index (κ3) is 4.92. The summed E-state index contributed by atoms with van der Waals surface area (Å²) in [6.07, 6.45) is 1.86. The molecule has 0 radical (unpaired) electrons. The number of thioether (sulfide) groups is 1. The highest BCUT2D eigenvalue weighted by Crippen LogP contribution is 2.26. The van der Waals surface area contributed by atoms with Gasteiger partial charge in [0.2, 0.25) is 5.13 Å². The second-order valence-corrected chi connectivity index (χ2v) is 7.46. The van der Waals surface area contributed by atoms with Gasteiger partial charge < -0.3 is 0 Å². The molecule has 23 heavy (non-hydrogen) atoms. The van der Waals surface area contributed by atoms with Crippen molar-refractivity contribution in [2.24, 2.45) is 5.10 Å². The Morgan fingerprint density at radius 3 is 2.70 bits per heavy atom. The minimum Gasteiger partial charge on any atom is -0.253 e. The summed E-state index contributed by atoms with van der Waals surface area (Å²) in [5.41, 5.74) is 5.04. The van der Waals surface area contributed by atoms with Crippen LogP contribution in [0, 0.1) is 0 Å². The Labute approximate surface area is 152 Å². The van der Waals surface area contributed by atoms with E-state index >= 15 is 0 Å². The molecule has 0 aliphatic carbocycles. The van der Waals surface area contributed by atoms with Crippen LogP contribution < -0.4 is 5.43 Å². The second-order valence-electron chi connectivity index (χ2n) is 4.59. The van der Waals surface area contributed by atoms with E-state index in [0.29, 0.717) is 0 Å². The van der Waals surface area contributed by atoms with Gasteiger partial charge in [-0.15, -0.1) is 23.1 Å². The summed E-state index contributed by atoms with van der Waals surface area (Å²) < 4.78 is 1.07. The smallest absolute Gasteiger partial charge is 0.203 e. The molecule has 0 fully saturated rings. The number of thiazole rings is 1. The van der Waals surface area contributed by atoms with Crippen LogP contribution in [0.3, 0.4) is 0 Å². The van der Waals surface area contributed by atoms with Crippen molar-refractivity contribution < 1.29 is 0 Å². The molecule has 1 aromatic heterocycles. The Kier molecular flexibility index (Phi) is 5.85. The molecule has 0 bridgehead atoms. The van der Waals surface area contributed by atoms with Crippen LogP contribution in [-0.4, -0.2) is 17.0 Å². The third-order valence-corrected chi connectivity index (χ3v) is 5.16. The lowest BCUT2D eigenvalue weighted by atomic mass is 10.2. The van der Waals surface area contributed by atoms with Crippen molar-refractivity contribution in [2.75, 3.05) is 11.2 Å². The van der Waals surface area contributed by atoms with Gasteiger partial charge in [0.15, 0.2) is 0 Å². The highest BCUT2D eigenvalue weighted by atomic mass is 79.9. The van der Waals surface area contributed by atoms with Crippen molar-refractivity contribution in [1.82, 2.24) is 4.98 Å². The Morgan fingerprint density at radius 1 is 1.13 bits per heavy atom. The van der Waals surface area contributed by atoms with Gasteiger partial charge in [-0.3, -0.25) is 5.43 Å². The molecule has 0 spiro atoms. The molecule has 1 heterocycles. The first-order valence-corrected chi connectivity index (χ1v) is 9.64. The lowest BCUT2D eigenvalue weighted by Gasteiger charge is -1.97. The molecule has 0 aliphatic rings. The summed E-state index contributed by atoms with van der Waals surface area (Å²) in [7, 11) is 0. The molecule has 1 N–H and O–H groups in total. The minimum absolute atomic E-state index is 0.795. The number of nitrogens with zero attached hydrogens (tertiary/aromatic N) is 2. The predicted octanol–water partition coefficient (Wildman–Crippen LogP) is 5.76. The molecule has 0 aliphatic heterocycles. The van der Waals surface area contributed by atoms with E-state index in [1.807, 2.05) is 54.1 Å². The highest BCUT2D eigenvalue weighted by Gasteiger charge is 2.03. The van der Waals surface area contributed by atoms with Gasteiger partial charge in [0, 0.05) is 32.3 Å². The molecule has 2 aromatic carbocycles. The number of hydrogen-bond acceptors (Lipinski definition) is 5. The quantitative estimate of drug-likeness (QED) is 0.322. The van der Waals surface area contributed by atoms with Crippen molar-refractivity contribution in [2.45, 2.75) is 4.90 Å². The molecule has 3 rings (SSSR count). The van der Waals surface area contributed by atoms with Gasteiger partial charge in [-0.25, -0.2) is 4.98 Å². The molecule has 3 nitrogen and oxygen atoms in total. The average molecular weight is 404 g/mol. The standard InChI is InChI=1S/C17H14BrN3S2/c18-14-8-6-13(7-9-14)16-12-23-17(20-16)21-19-10-11-22-15-4-2-1-3-5-15/h1-10,12H,11H2,(H,20,21)/b19-10+. The van der Waals surface area contributed by atoms with Crippen LogP contribution in [0.4, 0.5) is 5.13 Å². The summed E-state index contributed by atoms with van der Waals surface area (Å²) >= 11 is 6.73. The molecule has 3 aromatic rings. The number of aromatic nitrogens is 1. The summed E-state index contributed by atoms with van der Waals surface area (Å²) in [5, 5.41) is 7.05. The van der Waals surface area contributed by atoms with Crippen molar-refractivity contribution in [3.8, 4) is 11.3 Å². The van der Waals surface area contributed by atoms with Gasteiger partial charge in [0.25, 0.3) is 0 Å². The number of hydrogen-bond donors (Lipinski definition) is 1. The Hall–Kier alpha value is -1.63. The fourth-order valence-corrected chi connectivity index (χ4v) is 3.49. The predicted molar refractivity (Wildman–Crippen MR) is 105 cm³/mol. The third-order valence-electron chi connectivity index (χ3n) is 2.96. The highest BCUT2D eigenvalue weighted by molar-refractivity contribution is 9.10. The summed E-state index contributed by atoms with van der Waals surface area (Å²) in [5.74, 6) is 0.821. The van der Waals surface area contributed by atoms with Gasteiger partial charge in [0.05, 0.1) is 5.69 Å². The summed E-state index contributed by atoms with van der Waals surface area (Å²) in [4.78, 5) is 5.78. The molecule has 0 atom stereocenters. The van der Waals surface area contributed by atoms with Gasteiger partial charge in [-0.05, 0) is 24.3 Å². The Bertz CT molecular complexity index is 770. The van der Waals surface area contributed by atoms with E-state index < -0.39 is 0 Å². The van der Waals surface area contributed by atoms with Crippen LogP contribution in [0.5, 0.6) is 0 Å². The fourth-order valence-electron chi connectivity index (χ4n) is 1.87. The average Bonchev–Trinajstić information content (AvgIpc) is 3.05. The first-order valence-electron chi connectivity index (χ1n) is 6.98. The molecule has 116 valence electrons. The maximum absolute atomic E-state index is 4.54. The van der Waals surface area contributed by atoms with E-state index in [2.05, 4.69) is 43.6 Å². The van der Waals surface area contributed by atoms with Crippen LogP contribution in [-0.2, 0) is 0 Å². The van der Waals surface area contributed by atoms with E-state index in [0.717, 1.165) is 26.6 Å². The molecule has 0 unspecified atom stereocenters. The first-order chi connectivity index (χ1) is 11.3. The minimum atomic E-state index is 0.795. The zero-order valence-electron chi connectivity index (χ0n) is 12.1. The van der Waals surface area contributed by atoms with Gasteiger partial charge in [-0.2, -0.15) is 5.10 Å². The SMILES string of the molecule is Brc1ccc(-c2csc(N/N=C/CSc3ccccc3)n2)cc1. The van der Waals surface area contributed by atoms with E-state index in [-0.39, 0.29) is 0 Å². The molecule has 0 saturated carbocycles. The van der Waals surface area contributed by atoms with Crippen LogP contribution in [0.15, 0.2) is 74.4 Å². The van der Waals surface area contributed by atoms with Crippen LogP contribution in [0.25, 0.3) is 11.3 Å². The van der Waals surface area contributed by atoms with Crippen LogP contribution in [0.1, 0.15) is 0 Å². The fraction of sp³-hybridized carbons (Fsp3) is 0.0588. The first kappa shape index (κ1) is 16.2. The number of halogens is 1. The van der Waals surface area contributed by atoms with E-state index in [4.69, 9.17) is 0 Å². The van der Waals surface area contributed by atoms with E-state index in [9.17, 15) is 0 Å². The number of anilines is 1. The number of rotatable bonds is 6. The molecular weight excluding hydrogens is 390 g/mol.